The number of rotatable bonds is 24. The summed E-state index contributed by atoms with van der Waals surface area (Å²) in [7, 11) is 0. The van der Waals surface area contributed by atoms with Crippen molar-refractivity contribution in [1.82, 2.24) is 0 Å². The standard InChI is InChI=1S/C42H68N2/c1-8-15-19-21-22-24-28-42-36(13-6)32-40(33-38(42)26-23-20-16-9-2)44-43-39(14-7)31-34-29-35(12-5)41(27-18-11-4)37(30-34)25-17-10-3/h29-33H,8-28H2,1-7H3. The van der Waals surface area contributed by atoms with E-state index in [1.807, 2.05) is 0 Å². The summed E-state index contributed by atoms with van der Waals surface area (Å²) in [5.41, 5.74) is 12.7. The van der Waals surface area contributed by atoms with Crippen LogP contribution in [-0.2, 0) is 38.5 Å². The molecule has 0 saturated heterocycles. The minimum absolute atomic E-state index is 0.882. The molecule has 2 nitrogen and oxygen atoms in total. The molecule has 0 aliphatic rings. The van der Waals surface area contributed by atoms with E-state index in [-0.39, 0.29) is 0 Å². The molecule has 0 aromatic heterocycles. The lowest BCUT2D eigenvalue weighted by Crippen LogP contribution is -2.02. The summed E-state index contributed by atoms with van der Waals surface area (Å²) >= 11 is 0. The molecule has 2 aromatic rings. The van der Waals surface area contributed by atoms with E-state index in [4.69, 9.17) is 10.2 Å². The van der Waals surface area contributed by atoms with Crippen LogP contribution in [0.15, 0.2) is 40.2 Å². The third-order valence-electron chi connectivity index (χ3n) is 9.29. The zero-order valence-electron chi connectivity index (χ0n) is 30.1. The SMILES string of the molecule is CCCCCCCCc1c(CC)cc(N=NC(=Cc2cc(CC)c(CCCC)c(CCCC)c2)CC)cc1CCCCCC. The Bertz CT molecular complexity index is 1120. The van der Waals surface area contributed by atoms with Gasteiger partial charge in [0.1, 0.15) is 0 Å². The lowest BCUT2D eigenvalue weighted by Gasteiger charge is -2.16. The Kier molecular flexibility index (Phi) is 20.0. The third kappa shape index (κ3) is 13.4. The second-order valence-electron chi connectivity index (χ2n) is 13.0. The average Bonchev–Trinajstić information content (AvgIpc) is 3.04. The van der Waals surface area contributed by atoms with Gasteiger partial charge >= 0.3 is 0 Å². The molecular weight excluding hydrogens is 532 g/mol. The van der Waals surface area contributed by atoms with E-state index in [2.05, 4.69) is 78.8 Å². The highest BCUT2D eigenvalue weighted by molar-refractivity contribution is 5.57. The molecule has 0 bridgehead atoms. The predicted molar refractivity (Wildman–Crippen MR) is 197 cm³/mol. The maximum atomic E-state index is 4.89. The van der Waals surface area contributed by atoms with Gasteiger partial charge in [-0.3, -0.25) is 0 Å². The molecule has 0 aliphatic carbocycles. The molecule has 0 unspecified atom stereocenters. The average molecular weight is 601 g/mol. The molecule has 0 radical (unpaired) electrons. The number of aryl methyl sites for hydroxylation is 4. The maximum absolute atomic E-state index is 4.89. The molecular formula is C42H68N2. The summed E-state index contributed by atoms with van der Waals surface area (Å²) in [6, 6.07) is 9.58. The number of unbranched alkanes of at least 4 members (excludes halogenated alkanes) is 10. The summed E-state index contributed by atoms with van der Waals surface area (Å²) in [4.78, 5) is 0. The van der Waals surface area contributed by atoms with Crippen LogP contribution >= 0.6 is 0 Å². The van der Waals surface area contributed by atoms with Crippen LogP contribution in [0.2, 0.25) is 0 Å². The molecule has 0 aliphatic heterocycles. The second-order valence-corrected chi connectivity index (χ2v) is 13.0. The topological polar surface area (TPSA) is 24.7 Å². The van der Waals surface area contributed by atoms with Crippen LogP contribution in [-0.4, -0.2) is 0 Å². The van der Waals surface area contributed by atoms with Crippen LogP contribution < -0.4 is 0 Å². The van der Waals surface area contributed by atoms with Gasteiger partial charge in [0.15, 0.2) is 0 Å². The fraction of sp³-hybridized carbons (Fsp3) is 0.667. The summed E-state index contributed by atoms with van der Waals surface area (Å²) in [5.74, 6) is 0. The Labute approximate surface area is 273 Å². The van der Waals surface area contributed by atoms with Crippen molar-refractivity contribution in [2.24, 2.45) is 10.2 Å². The number of azo groups is 1. The van der Waals surface area contributed by atoms with Gasteiger partial charge in [-0.15, -0.1) is 0 Å². The van der Waals surface area contributed by atoms with Gasteiger partial charge in [0.05, 0.1) is 11.4 Å². The largest absolute Gasteiger partial charge is 0.155 e. The molecule has 0 atom stereocenters. The van der Waals surface area contributed by atoms with Gasteiger partial charge in [-0.1, -0.05) is 125 Å². The molecule has 2 aromatic carbocycles. The molecule has 0 saturated carbocycles. The van der Waals surface area contributed by atoms with Crippen molar-refractivity contribution in [2.75, 3.05) is 0 Å². The Hall–Kier alpha value is -2.22. The number of hydrogen-bond donors (Lipinski definition) is 0. The summed E-state index contributed by atoms with van der Waals surface area (Å²) in [5, 5.41) is 9.76. The van der Waals surface area contributed by atoms with Crippen molar-refractivity contribution in [1.29, 1.82) is 0 Å². The van der Waals surface area contributed by atoms with Crippen LogP contribution in [0.25, 0.3) is 6.08 Å². The first-order chi connectivity index (χ1) is 21.5. The van der Waals surface area contributed by atoms with Gasteiger partial charge in [-0.05, 0) is 128 Å². The monoisotopic (exact) mass is 601 g/mol. The third-order valence-corrected chi connectivity index (χ3v) is 9.29. The maximum Gasteiger partial charge on any atom is 0.0862 e. The molecule has 0 spiro atoms. The van der Waals surface area contributed by atoms with Crippen LogP contribution in [0.1, 0.15) is 184 Å². The van der Waals surface area contributed by atoms with Crippen molar-refractivity contribution in [2.45, 2.75) is 183 Å². The van der Waals surface area contributed by atoms with E-state index in [9.17, 15) is 0 Å². The zero-order valence-corrected chi connectivity index (χ0v) is 30.1. The second kappa shape index (κ2) is 23.2. The number of nitrogens with zero attached hydrogens (tertiary/aromatic N) is 2. The lowest BCUT2D eigenvalue weighted by atomic mass is 9.90. The van der Waals surface area contributed by atoms with Crippen molar-refractivity contribution < 1.29 is 0 Å². The van der Waals surface area contributed by atoms with Crippen molar-refractivity contribution >= 4 is 11.8 Å². The molecule has 0 heterocycles. The van der Waals surface area contributed by atoms with Crippen molar-refractivity contribution in [3.05, 3.63) is 68.9 Å². The molecule has 0 N–H and O–H groups in total. The molecule has 44 heavy (non-hydrogen) atoms. The predicted octanol–water partition coefficient (Wildman–Crippen LogP) is 14.1. The van der Waals surface area contributed by atoms with E-state index < -0.39 is 0 Å². The molecule has 0 fully saturated rings. The minimum Gasteiger partial charge on any atom is -0.155 e. The number of hydrogen-bond acceptors (Lipinski definition) is 2. The van der Waals surface area contributed by atoms with E-state index >= 15 is 0 Å². The Morgan fingerprint density at radius 2 is 0.955 bits per heavy atom. The highest BCUT2D eigenvalue weighted by Crippen LogP contribution is 2.29. The molecule has 0 amide bonds. The van der Waals surface area contributed by atoms with Gasteiger partial charge in [0.2, 0.25) is 0 Å². The van der Waals surface area contributed by atoms with Crippen LogP contribution in [0.4, 0.5) is 5.69 Å². The van der Waals surface area contributed by atoms with Crippen LogP contribution in [0.3, 0.4) is 0 Å². The quantitative estimate of drug-likeness (QED) is 0.0845. The van der Waals surface area contributed by atoms with E-state index in [0.717, 1.165) is 30.6 Å². The smallest absolute Gasteiger partial charge is 0.0862 e. The summed E-state index contributed by atoms with van der Waals surface area (Å²) in [6.07, 6.45) is 28.4. The van der Waals surface area contributed by atoms with E-state index in [0.29, 0.717) is 0 Å². The summed E-state index contributed by atoms with van der Waals surface area (Å²) < 4.78 is 0. The van der Waals surface area contributed by atoms with E-state index in [1.165, 1.54) is 138 Å². The van der Waals surface area contributed by atoms with Crippen LogP contribution in [0, 0.1) is 0 Å². The fourth-order valence-corrected chi connectivity index (χ4v) is 6.53. The summed E-state index contributed by atoms with van der Waals surface area (Å²) in [6.45, 7) is 16.0. The van der Waals surface area contributed by atoms with Crippen LogP contribution in [0.5, 0.6) is 0 Å². The van der Waals surface area contributed by atoms with Crippen molar-refractivity contribution in [3.63, 3.8) is 0 Å². The van der Waals surface area contributed by atoms with Gasteiger partial charge < -0.3 is 0 Å². The molecule has 246 valence electrons. The number of allylic oxidation sites excluding steroid dienone is 1. The first-order valence-corrected chi connectivity index (χ1v) is 19.0. The van der Waals surface area contributed by atoms with Gasteiger partial charge in [-0.25, -0.2) is 0 Å². The van der Waals surface area contributed by atoms with E-state index in [1.54, 1.807) is 16.7 Å². The van der Waals surface area contributed by atoms with Crippen molar-refractivity contribution in [3.8, 4) is 0 Å². The Morgan fingerprint density at radius 1 is 0.500 bits per heavy atom. The Balaban J connectivity index is 2.37. The van der Waals surface area contributed by atoms with Gasteiger partial charge in [0.25, 0.3) is 0 Å². The molecule has 2 heteroatoms. The van der Waals surface area contributed by atoms with Gasteiger partial charge in [0, 0.05) is 0 Å². The first kappa shape index (κ1) is 38.0. The number of benzene rings is 2. The zero-order chi connectivity index (χ0) is 32.0. The normalized spacial score (nSPS) is 12.1. The highest BCUT2D eigenvalue weighted by atomic mass is 15.1. The Morgan fingerprint density at radius 3 is 1.59 bits per heavy atom. The fourth-order valence-electron chi connectivity index (χ4n) is 6.53. The van der Waals surface area contributed by atoms with Gasteiger partial charge in [-0.2, -0.15) is 10.2 Å². The molecule has 2 rings (SSSR count). The highest BCUT2D eigenvalue weighted by Gasteiger charge is 2.12. The lowest BCUT2D eigenvalue weighted by molar-refractivity contribution is 0.604. The minimum atomic E-state index is 0.882. The first-order valence-electron chi connectivity index (χ1n) is 19.0.